The van der Waals surface area contributed by atoms with Crippen molar-refractivity contribution in [1.82, 2.24) is 0 Å². The van der Waals surface area contributed by atoms with E-state index in [1.807, 2.05) is 0 Å². The van der Waals surface area contributed by atoms with Crippen LogP contribution in [0.5, 0.6) is 0 Å². The zero-order chi connectivity index (χ0) is 12.3. The molecule has 1 unspecified atom stereocenters. The molecule has 0 aliphatic heterocycles. The van der Waals surface area contributed by atoms with Gasteiger partial charge in [0, 0.05) is 0 Å². The Hall–Kier alpha value is 0.748. The normalized spacial score (nSPS) is 15.8. The van der Waals surface area contributed by atoms with E-state index < -0.39 is 35.2 Å². The molecule has 7 heteroatoms. The fraction of sp³-hybridized carbons (Fsp3) is 1.00. The lowest BCUT2D eigenvalue weighted by atomic mass is 11.8. The SMILES string of the molecule is C[Si](O[SiH](C)O[Si](C)(C)C)O[Si](C)(C)C. The minimum Gasteiger partial charge on any atom is -0.439 e. The molecular weight excluding hydrogens is 256 g/mol. The van der Waals surface area contributed by atoms with Gasteiger partial charge in [-0.1, -0.05) is 0 Å². The molecule has 0 amide bonds. The molecule has 0 fully saturated rings. The predicted octanol–water partition coefficient (Wildman–Crippen LogP) is 2.67. The second-order valence-corrected chi connectivity index (χ2v) is 18.9. The van der Waals surface area contributed by atoms with E-state index in [9.17, 15) is 0 Å². The van der Waals surface area contributed by atoms with Crippen LogP contribution < -0.4 is 0 Å². The summed E-state index contributed by atoms with van der Waals surface area (Å²) >= 11 is 0. The third kappa shape index (κ3) is 11.0. The van der Waals surface area contributed by atoms with Crippen LogP contribution in [-0.4, -0.2) is 35.2 Å². The number of rotatable bonds is 6. The van der Waals surface area contributed by atoms with E-state index in [1.165, 1.54) is 0 Å². The van der Waals surface area contributed by atoms with Crippen LogP contribution in [0.3, 0.4) is 0 Å². The van der Waals surface area contributed by atoms with Crippen molar-refractivity contribution in [3.05, 3.63) is 0 Å². The molecule has 0 saturated heterocycles. The lowest BCUT2D eigenvalue weighted by Gasteiger charge is -2.27. The van der Waals surface area contributed by atoms with Crippen LogP contribution in [0.4, 0.5) is 0 Å². The van der Waals surface area contributed by atoms with Gasteiger partial charge >= 0.3 is 9.28 Å². The molecular formula is C8H25O3Si4. The number of hydrogen-bond donors (Lipinski definition) is 0. The molecule has 0 rings (SSSR count). The first-order valence-corrected chi connectivity index (χ1v) is 16.1. The molecule has 0 aromatic rings. The van der Waals surface area contributed by atoms with Crippen LogP contribution in [0.15, 0.2) is 0 Å². The van der Waals surface area contributed by atoms with Gasteiger partial charge in [-0.3, -0.25) is 0 Å². The first-order valence-electron chi connectivity index (χ1n) is 5.37. The summed E-state index contributed by atoms with van der Waals surface area (Å²) in [6.45, 7) is 17.3. The molecule has 0 aliphatic carbocycles. The van der Waals surface area contributed by atoms with Gasteiger partial charge in [0.15, 0.2) is 16.6 Å². The zero-order valence-electron chi connectivity index (χ0n) is 11.3. The van der Waals surface area contributed by atoms with E-state index in [0.717, 1.165) is 0 Å². The molecule has 0 bridgehead atoms. The fourth-order valence-corrected chi connectivity index (χ4v) is 11.8. The highest BCUT2D eigenvalue weighted by atomic mass is 28.5. The van der Waals surface area contributed by atoms with Gasteiger partial charge in [-0.05, 0) is 52.4 Å². The standard InChI is InChI=1S/C8H25O3Si4/c1-12(10-14(3,4)5)9-13(2)11-15(6,7)8/h12H,1-8H3. The van der Waals surface area contributed by atoms with E-state index in [4.69, 9.17) is 12.3 Å². The molecule has 1 radical (unpaired) electrons. The Kier molecular flexibility index (Phi) is 6.19. The Morgan fingerprint density at radius 3 is 1.73 bits per heavy atom. The second-order valence-electron chi connectivity index (χ2n) is 5.62. The van der Waals surface area contributed by atoms with E-state index >= 15 is 0 Å². The molecule has 91 valence electrons. The van der Waals surface area contributed by atoms with Crippen LogP contribution in [0, 0.1) is 0 Å². The van der Waals surface area contributed by atoms with Gasteiger partial charge < -0.3 is 12.3 Å². The highest BCUT2D eigenvalue weighted by Gasteiger charge is 2.26. The first kappa shape index (κ1) is 15.7. The molecule has 0 aliphatic rings. The summed E-state index contributed by atoms with van der Waals surface area (Å²) in [6.07, 6.45) is 0. The van der Waals surface area contributed by atoms with E-state index in [2.05, 4.69) is 52.4 Å². The Bertz CT molecular complexity index is 167. The van der Waals surface area contributed by atoms with Crippen molar-refractivity contribution in [1.29, 1.82) is 0 Å². The van der Waals surface area contributed by atoms with Crippen LogP contribution >= 0.6 is 0 Å². The van der Waals surface area contributed by atoms with E-state index in [0.29, 0.717) is 0 Å². The van der Waals surface area contributed by atoms with Crippen molar-refractivity contribution in [3.63, 3.8) is 0 Å². The van der Waals surface area contributed by atoms with Crippen molar-refractivity contribution in [2.75, 3.05) is 0 Å². The minimum absolute atomic E-state index is 1.10. The summed E-state index contributed by atoms with van der Waals surface area (Å²) in [5.74, 6) is 0. The molecule has 0 aromatic heterocycles. The zero-order valence-corrected chi connectivity index (χ0v) is 15.5. The van der Waals surface area contributed by atoms with E-state index in [1.54, 1.807) is 0 Å². The van der Waals surface area contributed by atoms with Gasteiger partial charge in [-0.15, -0.1) is 0 Å². The Balaban J connectivity index is 3.92. The van der Waals surface area contributed by atoms with Gasteiger partial charge in [0.25, 0.3) is 9.28 Å². The molecule has 0 N–H and O–H groups in total. The van der Waals surface area contributed by atoms with Crippen molar-refractivity contribution >= 4 is 35.2 Å². The molecule has 1 atom stereocenters. The summed E-state index contributed by atoms with van der Waals surface area (Å²) < 4.78 is 17.7. The van der Waals surface area contributed by atoms with Crippen LogP contribution in [0.25, 0.3) is 0 Å². The molecule has 0 heterocycles. The third-order valence-electron chi connectivity index (χ3n) is 1.30. The summed E-state index contributed by atoms with van der Waals surface area (Å²) in [5, 5.41) is 0. The maximum atomic E-state index is 5.94. The van der Waals surface area contributed by atoms with Crippen LogP contribution in [-0.2, 0) is 12.3 Å². The molecule has 3 nitrogen and oxygen atoms in total. The lowest BCUT2D eigenvalue weighted by Crippen LogP contribution is -2.42. The predicted molar refractivity (Wildman–Crippen MR) is 74.6 cm³/mol. The maximum Gasteiger partial charge on any atom is 0.360 e. The Labute approximate surface area is 100 Å². The smallest absolute Gasteiger partial charge is 0.360 e. The molecule has 0 spiro atoms. The topological polar surface area (TPSA) is 27.7 Å². The van der Waals surface area contributed by atoms with Gasteiger partial charge in [-0.2, -0.15) is 0 Å². The minimum atomic E-state index is -1.47. The van der Waals surface area contributed by atoms with Crippen molar-refractivity contribution in [2.24, 2.45) is 0 Å². The fourth-order valence-electron chi connectivity index (χ4n) is 1.21. The highest BCUT2D eigenvalue weighted by molar-refractivity contribution is 6.79. The third-order valence-corrected chi connectivity index (χ3v) is 11.7. The molecule has 0 aromatic carbocycles. The van der Waals surface area contributed by atoms with Crippen LogP contribution in [0.1, 0.15) is 0 Å². The second kappa shape index (κ2) is 5.89. The van der Waals surface area contributed by atoms with Gasteiger partial charge in [0.1, 0.15) is 0 Å². The van der Waals surface area contributed by atoms with E-state index in [-0.39, 0.29) is 0 Å². The molecule has 0 saturated carbocycles. The Morgan fingerprint density at radius 1 is 0.933 bits per heavy atom. The summed E-state index contributed by atoms with van der Waals surface area (Å²) in [5.41, 5.74) is 0. The Morgan fingerprint density at radius 2 is 1.40 bits per heavy atom. The highest BCUT2D eigenvalue weighted by Crippen LogP contribution is 2.10. The quantitative estimate of drug-likeness (QED) is 0.701. The first-order chi connectivity index (χ1) is 6.49. The number of hydrogen-bond acceptors (Lipinski definition) is 3. The average molecular weight is 282 g/mol. The van der Waals surface area contributed by atoms with Crippen molar-refractivity contribution < 1.29 is 12.3 Å². The van der Waals surface area contributed by atoms with Crippen LogP contribution in [0.2, 0.25) is 52.4 Å². The maximum absolute atomic E-state index is 5.94. The van der Waals surface area contributed by atoms with Crippen molar-refractivity contribution in [2.45, 2.75) is 52.4 Å². The van der Waals surface area contributed by atoms with Gasteiger partial charge in [-0.25, -0.2) is 0 Å². The summed E-state index contributed by atoms with van der Waals surface area (Å²) in [4.78, 5) is 0. The largest absolute Gasteiger partial charge is 0.439 e. The molecule has 15 heavy (non-hydrogen) atoms. The summed E-state index contributed by atoms with van der Waals surface area (Å²) in [7, 11) is -5.45. The lowest BCUT2D eigenvalue weighted by molar-refractivity contribution is 0.375. The monoisotopic (exact) mass is 281 g/mol. The average Bonchev–Trinajstić information content (AvgIpc) is 1.73. The van der Waals surface area contributed by atoms with Gasteiger partial charge in [0.05, 0.1) is 0 Å². The summed E-state index contributed by atoms with van der Waals surface area (Å²) in [6, 6.07) is 0. The van der Waals surface area contributed by atoms with Gasteiger partial charge in [0.2, 0.25) is 0 Å². The van der Waals surface area contributed by atoms with Crippen molar-refractivity contribution in [3.8, 4) is 0 Å².